The van der Waals surface area contributed by atoms with Crippen molar-refractivity contribution in [3.8, 4) is 0 Å². The predicted octanol–water partition coefficient (Wildman–Crippen LogP) is 4.09. The van der Waals surface area contributed by atoms with Crippen LogP contribution < -0.4 is 7.22 Å². The molecule has 2 aromatic carbocycles. The molecule has 2 aromatic rings. The molecule has 23 heavy (non-hydrogen) atoms. The molecule has 124 valence electrons. The fourth-order valence-corrected chi connectivity index (χ4v) is 40.7. The molecule has 0 atom stereocenters. The monoisotopic (exact) mass is 556 g/mol. The van der Waals surface area contributed by atoms with Crippen LogP contribution in [0.25, 0.3) is 0 Å². The van der Waals surface area contributed by atoms with Crippen LogP contribution >= 0.6 is 0 Å². The van der Waals surface area contributed by atoms with Crippen LogP contribution in [-0.4, -0.2) is 43.4 Å². The van der Waals surface area contributed by atoms with E-state index in [1.54, 1.807) is 7.22 Å². The molecule has 0 heterocycles. The van der Waals surface area contributed by atoms with Crippen LogP contribution in [0.5, 0.6) is 0 Å². The van der Waals surface area contributed by atoms with Crippen LogP contribution in [0.4, 0.5) is 0 Å². The molecule has 0 nitrogen and oxygen atoms in total. The van der Waals surface area contributed by atoms with Gasteiger partial charge in [0.2, 0.25) is 0 Å². The first kappa shape index (κ1) is 19.6. The van der Waals surface area contributed by atoms with Crippen LogP contribution in [0.2, 0.25) is 10.1 Å². The number of rotatable bonds is 4. The third kappa shape index (κ3) is 4.65. The molecule has 0 bridgehead atoms. The summed E-state index contributed by atoms with van der Waals surface area (Å²) in [5.74, 6) is 0. The molecule has 0 unspecified atom stereocenters. The Bertz CT molecular complexity index is 552. The molecule has 0 saturated carbocycles. The molecule has 0 saturated heterocycles. The normalized spacial score (nSPS) is 13.1. The van der Waals surface area contributed by atoms with E-state index in [1.807, 2.05) is 0 Å². The van der Waals surface area contributed by atoms with Crippen LogP contribution in [-0.2, 0) is 0 Å². The first-order valence-corrected chi connectivity index (χ1v) is 19.3. The van der Waals surface area contributed by atoms with Gasteiger partial charge in [0.05, 0.1) is 0 Å². The van der Waals surface area contributed by atoms with E-state index in [9.17, 15) is 0 Å². The molecule has 0 aliphatic carbocycles. The molecular formula is C20H28SiTe2. The van der Waals surface area contributed by atoms with E-state index >= 15 is 0 Å². The summed E-state index contributed by atoms with van der Waals surface area (Å²) in [5, 5.41) is 0.919. The van der Waals surface area contributed by atoms with Crippen molar-refractivity contribution in [1.29, 1.82) is 0 Å². The van der Waals surface area contributed by atoms with Gasteiger partial charge in [-0.05, 0) is 0 Å². The molecule has 0 amide bonds. The second-order valence-electron chi connectivity index (χ2n) is 7.95. The fraction of sp³-hybridized carbons (Fsp3) is 0.400. The van der Waals surface area contributed by atoms with Gasteiger partial charge in [-0.3, -0.25) is 0 Å². The topological polar surface area (TPSA) is 0 Å². The number of hydrogen-bond acceptors (Lipinski definition) is 0. The van der Waals surface area contributed by atoms with Gasteiger partial charge in [-0.15, -0.1) is 0 Å². The summed E-state index contributed by atoms with van der Waals surface area (Å²) in [7, 11) is 0. The Labute approximate surface area is 161 Å². The van der Waals surface area contributed by atoms with Crippen molar-refractivity contribution in [3.05, 3.63) is 60.7 Å². The zero-order valence-electron chi connectivity index (χ0n) is 15.1. The zero-order valence-corrected chi connectivity index (χ0v) is 20.8. The second kappa shape index (κ2) is 7.64. The average Bonchev–Trinajstić information content (AvgIpc) is 2.46. The third-order valence-electron chi connectivity index (χ3n) is 3.98. The summed E-state index contributed by atoms with van der Waals surface area (Å²) < 4.78 is 1.90. The minimum atomic E-state index is -1.42. The molecule has 0 aliphatic heterocycles. The molecule has 0 aromatic heterocycles. The van der Waals surface area contributed by atoms with Gasteiger partial charge in [-0.2, -0.15) is 0 Å². The minimum absolute atomic E-state index is 0.160. The van der Waals surface area contributed by atoms with Crippen molar-refractivity contribution >= 4 is 50.7 Å². The predicted molar refractivity (Wildman–Crippen MR) is 109 cm³/mol. The van der Waals surface area contributed by atoms with Gasteiger partial charge in [0, 0.05) is 0 Å². The van der Waals surface area contributed by atoms with Crippen molar-refractivity contribution < 1.29 is 0 Å². The summed E-state index contributed by atoms with van der Waals surface area (Å²) in [6.45, 7) is 15.2. The Morgan fingerprint density at radius 3 is 1.13 bits per heavy atom. The van der Waals surface area contributed by atoms with Gasteiger partial charge in [0.1, 0.15) is 0 Å². The van der Waals surface area contributed by atoms with E-state index in [4.69, 9.17) is 0 Å². The molecule has 0 spiro atoms. The van der Waals surface area contributed by atoms with Crippen LogP contribution in [0.1, 0.15) is 41.5 Å². The van der Waals surface area contributed by atoms with Gasteiger partial charge in [0.15, 0.2) is 0 Å². The average molecular weight is 552 g/mol. The number of benzene rings is 2. The van der Waals surface area contributed by atoms with Gasteiger partial charge in [-0.1, -0.05) is 0 Å². The molecule has 0 N–H and O–H groups in total. The summed E-state index contributed by atoms with van der Waals surface area (Å²) in [4.78, 5) is 0. The van der Waals surface area contributed by atoms with Gasteiger partial charge < -0.3 is 0 Å². The van der Waals surface area contributed by atoms with E-state index in [2.05, 4.69) is 102 Å². The summed E-state index contributed by atoms with van der Waals surface area (Å²) in [5.41, 5.74) is 0. The van der Waals surface area contributed by atoms with Crippen molar-refractivity contribution in [1.82, 2.24) is 0 Å². The second-order valence-corrected chi connectivity index (χ2v) is 36.8. The van der Waals surface area contributed by atoms with Crippen molar-refractivity contribution in [2.45, 2.75) is 51.6 Å². The molecule has 0 radical (unpaired) electrons. The van der Waals surface area contributed by atoms with Crippen LogP contribution in [0.15, 0.2) is 60.7 Å². The van der Waals surface area contributed by atoms with Gasteiger partial charge >= 0.3 is 163 Å². The van der Waals surface area contributed by atoms with Crippen LogP contribution in [0, 0.1) is 0 Å². The fourth-order valence-electron chi connectivity index (χ4n) is 3.07. The van der Waals surface area contributed by atoms with Crippen molar-refractivity contribution in [2.24, 2.45) is 0 Å². The van der Waals surface area contributed by atoms with E-state index in [0.717, 1.165) is 0 Å². The Morgan fingerprint density at radius 2 is 0.870 bits per heavy atom. The Morgan fingerprint density at radius 1 is 0.565 bits per heavy atom. The van der Waals surface area contributed by atoms with Crippen molar-refractivity contribution in [2.75, 3.05) is 0 Å². The Balaban J connectivity index is 2.51. The summed E-state index contributed by atoms with van der Waals surface area (Å²) in [6, 6.07) is 22.8. The summed E-state index contributed by atoms with van der Waals surface area (Å²) in [6.07, 6.45) is 0. The SMILES string of the molecule is CC(C)(C)[Si]([Te]c1ccccc1)([Te]c1ccccc1)C(C)(C)C. The zero-order chi connectivity index (χ0) is 17.1. The summed E-state index contributed by atoms with van der Waals surface area (Å²) >= 11 is -0.319. The maximum absolute atomic E-state index is 2.53. The molecular weight excluding hydrogens is 524 g/mol. The first-order valence-electron chi connectivity index (χ1n) is 8.14. The molecule has 0 fully saturated rings. The van der Waals surface area contributed by atoms with Crippen molar-refractivity contribution in [3.63, 3.8) is 0 Å². The first-order chi connectivity index (χ1) is 10.7. The molecule has 2 rings (SSSR count). The Kier molecular flexibility index (Phi) is 6.49. The van der Waals surface area contributed by atoms with Crippen LogP contribution in [0.3, 0.4) is 0 Å². The standard InChI is InChI=1S/C20H28SiTe2/c1-19(2,3)21(20(4,5)6,22-17-13-9-7-10-14-17)23-18-15-11-8-12-16-18/h7-16H,1-6H3. The molecule has 3 heteroatoms. The third-order valence-corrected chi connectivity index (χ3v) is 50.0. The van der Waals surface area contributed by atoms with E-state index in [0.29, 0.717) is 10.1 Å². The van der Waals surface area contributed by atoms with E-state index < -0.39 is 3.17 Å². The maximum atomic E-state index is 2.53. The van der Waals surface area contributed by atoms with Gasteiger partial charge in [-0.25, -0.2) is 0 Å². The Hall–Kier alpha value is 0.236. The van der Waals surface area contributed by atoms with E-state index in [1.165, 1.54) is 0 Å². The number of hydrogen-bond donors (Lipinski definition) is 0. The quantitative estimate of drug-likeness (QED) is 0.503. The van der Waals surface area contributed by atoms with E-state index in [-0.39, 0.29) is 40.3 Å². The van der Waals surface area contributed by atoms with Gasteiger partial charge in [0.25, 0.3) is 0 Å². The molecule has 0 aliphatic rings.